The van der Waals surface area contributed by atoms with Crippen LogP contribution in [0, 0.1) is 13.8 Å². The first-order valence-corrected chi connectivity index (χ1v) is 7.30. The number of rotatable bonds is 2. The van der Waals surface area contributed by atoms with E-state index in [0.717, 1.165) is 26.7 Å². The van der Waals surface area contributed by atoms with Gasteiger partial charge in [-0.05, 0) is 55.3 Å². The molecule has 2 N–H and O–H groups in total. The van der Waals surface area contributed by atoms with Crippen molar-refractivity contribution < 1.29 is 4.52 Å². The number of aromatic nitrogens is 2. The van der Waals surface area contributed by atoms with E-state index in [1.165, 1.54) is 0 Å². The van der Waals surface area contributed by atoms with E-state index >= 15 is 0 Å². The third-order valence-electron chi connectivity index (χ3n) is 3.38. The predicted molar refractivity (Wildman–Crippen MR) is 86.8 cm³/mol. The molecule has 0 aliphatic heterocycles. The second-order valence-corrected chi connectivity index (χ2v) is 5.87. The number of aryl methyl sites for hydroxylation is 2. The van der Waals surface area contributed by atoms with Crippen molar-refractivity contribution in [2.75, 3.05) is 5.73 Å². The zero-order chi connectivity index (χ0) is 15.0. The molecule has 1 aromatic heterocycles. The van der Waals surface area contributed by atoms with Crippen LogP contribution in [0.15, 0.2) is 45.4 Å². The lowest BCUT2D eigenvalue weighted by Gasteiger charge is -2.01. The number of hydrogen-bond donors (Lipinski definition) is 1. The van der Waals surface area contributed by atoms with Gasteiger partial charge >= 0.3 is 0 Å². The van der Waals surface area contributed by atoms with Crippen molar-refractivity contribution in [1.29, 1.82) is 0 Å². The molecule has 0 unspecified atom stereocenters. The Morgan fingerprint density at radius 2 is 1.86 bits per heavy atom. The minimum atomic E-state index is 0.471. The molecular weight excluding hydrogens is 330 g/mol. The highest BCUT2D eigenvalue weighted by Crippen LogP contribution is 2.27. The highest BCUT2D eigenvalue weighted by Gasteiger charge is 2.13. The molecule has 0 saturated carbocycles. The van der Waals surface area contributed by atoms with Crippen molar-refractivity contribution in [2.24, 2.45) is 0 Å². The van der Waals surface area contributed by atoms with Crippen LogP contribution in [0.3, 0.4) is 0 Å². The molecule has 0 aliphatic carbocycles. The summed E-state index contributed by atoms with van der Waals surface area (Å²) >= 11 is 3.45. The third kappa shape index (κ3) is 2.69. The van der Waals surface area contributed by atoms with Crippen molar-refractivity contribution in [3.8, 4) is 22.8 Å². The Kier molecular flexibility index (Phi) is 3.51. The topological polar surface area (TPSA) is 64.9 Å². The van der Waals surface area contributed by atoms with Crippen molar-refractivity contribution in [3.05, 3.63) is 52.0 Å². The van der Waals surface area contributed by atoms with Gasteiger partial charge in [0, 0.05) is 21.3 Å². The Balaban J connectivity index is 2.01. The average Bonchev–Trinajstić information content (AvgIpc) is 2.91. The van der Waals surface area contributed by atoms with Gasteiger partial charge in [-0.3, -0.25) is 0 Å². The van der Waals surface area contributed by atoms with E-state index in [-0.39, 0.29) is 0 Å². The van der Waals surface area contributed by atoms with Crippen LogP contribution in [0.25, 0.3) is 22.8 Å². The van der Waals surface area contributed by atoms with E-state index in [4.69, 9.17) is 10.3 Å². The minimum absolute atomic E-state index is 0.471. The lowest BCUT2D eigenvalue weighted by atomic mass is 10.1. The van der Waals surface area contributed by atoms with E-state index in [0.29, 0.717) is 17.4 Å². The summed E-state index contributed by atoms with van der Waals surface area (Å²) < 4.78 is 6.38. The van der Waals surface area contributed by atoms with Crippen molar-refractivity contribution in [3.63, 3.8) is 0 Å². The molecule has 0 aliphatic rings. The predicted octanol–water partition coefficient (Wildman–Crippen LogP) is 4.37. The number of nitrogen functional groups attached to an aromatic ring is 1. The van der Waals surface area contributed by atoms with Crippen LogP contribution in [0.5, 0.6) is 0 Å². The van der Waals surface area contributed by atoms with Gasteiger partial charge in [-0.15, -0.1) is 0 Å². The summed E-state index contributed by atoms with van der Waals surface area (Å²) in [6.45, 7) is 3.98. The summed E-state index contributed by atoms with van der Waals surface area (Å²) in [6.07, 6.45) is 0. The van der Waals surface area contributed by atoms with E-state index in [1.54, 1.807) is 0 Å². The first-order valence-electron chi connectivity index (χ1n) is 6.51. The molecule has 3 aromatic rings. The van der Waals surface area contributed by atoms with Gasteiger partial charge in [0.25, 0.3) is 5.89 Å². The van der Waals surface area contributed by atoms with E-state index in [2.05, 4.69) is 26.1 Å². The molecule has 0 spiro atoms. The third-order valence-corrected chi connectivity index (χ3v) is 3.87. The summed E-state index contributed by atoms with van der Waals surface area (Å²) in [7, 11) is 0. The second kappa shape index (κ2) is 5.33. The molecule has 0 fully saturated rings. The van der Waals surface area contributed by atoms with Gasteiger partial charge < -0.3 is 10.3 Å². The van der Waals surface area contributed by atoms with E-state index in [9.17, 15) is 0 Å². The Hall–Kier alpha value is -2.14. The summed E-state index contributed by atoms with van der Waals surface area (Å²) in [5.41, 5.74) is 10.5. The SMILES string of the molecule is Cc1ccc(-c2nc(-c3ccc(Br)cc3C)no2)cc1N. The average molecular weight is 344 g/mol. The lowest BCUT2D eigenvalue weighted by molar-refractivity contribution is 0.432. The lowest BCUT2D eigenvalue weighted by Crippen LogP contribution is -1.90. The number of hydrogen-bond acceptors (Lipinski definition) is 4. The maximum Gasteiger partial charge on any atom is 0.258 e. The molecule has 1 heterocycles. The fourth-order valence-electron chi connectivity index (χ4n) is 2.10. The molecule has 0 amide bonds. The monoisotopic (exact) mass is 343 g/mol. The molecule has 2 aromatic carbocycles. The Labute approximate surface area is 131 Å². The van der Waals surface area contributed by atoms with Crippen LogP contribution in [0.2, 0.25) is 0 Å². The van der Waals surface area contributed by atoms with Crippen molar-refractivity contribution in [1.82, 2.24) is 10.1 Å². The summed E-state index contributed by atoms with van der Waals surface area (Å²) in [4.78, 5) is 4.46. The van der Waals surface area contributed by atoms with Gasteiger partial charge in [0.2, 0.25) is 5.82 Å². The van der Waals surface area contributed by atoms with Crippen LogP contribution in [-0.2, 0) is 0 Å². The van der Waals surface area contributed by atoms with Gasteiger partial charge in [0.15, 0.2) is 0 Å². The zero-order valence-electron chi connectivity index (χ0n) is 11.7. The number of anilines is 1. The van der Waals surface area contributed by atoms with E-state index < -0.39 is 0 Å². The minimum Gasteiger partial charge on any atom is -0.398 e. The molecule has 0 bridgehead atoms. The molecule has 0 radical (unpaired) electrons. The molecule has 21 heavy (non-hydrogen) atoms. The van der Waals surface area contributed by atoms with Gasteiger partial charge in [-0.2, -0.15) is 4.98 Å². The van der Waals surface area contributed by atoms with Crippen molar-refractivity contribution in [2.45, 2.75) is 13.8 Å². The van der Waals surface area contributed by atoms with Crippen LogP contribution in [0.4, 0.5) is 5.69 Å². The fraction of sp³-hybridized carbons (Fsp3) is 0.125. The standard InChI is InChI=1S/C16H14BrN3O/c1-9-3-4-11(8-14(9)18)16-19-15(20-21-16)13-6-5-12(17)7-10(13)2/h3-8H,18H2,1-2H3. The number of benzene rings is 2. The Morgan fingerprint density at radius 3 is 2.57 bits per heavy atom. The normalized spacial score (nSPS) is 10.8. The Bertz CT molecular complexity index is 811. The smallest absolute Gasteiger partial charge is 0.258 e. The maximum atomic E-state index is 5.92. The second-order valence-electron chi connectivity index (χ2n) is 4.95. The van der Waals surface area contributed by atoms with Gasteiger partial charge in [-0.25, -0.2) is 0 Å². The van der Waals surface area contributed by atoms with Gasteiger partial charge in [0.05, 0.1) is 0 Å². The van der Waals surface area contributed by atoms with E-state index in [1.807, 2.05) is 50.2 Å². The maximum absolute atomic E-state index is 5.92. The first-order chi connectivity index (χ1) is 10.0. The summed E-state index contributed by atoms with van der Waals surface area (Å²) in [6, 6.07) is 11.7. The molecule has 0 saturated heterocycles. The number of halogens is 1. The van der Waals surface area contributed by atoms with Crippen LogP contribution in [0.1, 0.15) is 11.1 Å². The molecular formula is C16H14BrN3O. The summed E-state index contributed by atoms with van der Waals surface area (Å²) in [5.74, 6) is 1.05. The summed E-state index contributed by atoms with van der Waals surface area (Å²) in [5, 5.41) is 4.06. The molecule has 0 atom stereocenters. The molecule has 3 rings (SSSR count). The van der Waals surface area contributed by atoms with Crippen LogP contribution in [-0.4, -0.2) is 10.1 Å². The van der Waals surface area contributed by atoms with Gasteiger partial charge in [-0.1, -0.05) is 27.2 Å². The first kappa shape index (κ1) is 13.8. The highest BCUT2D eigenvalue weighted by molar-refractivity contribution is 9.10. The molecule has 5 heteroatoms. The van der Waals surface area contributed by atoms with Crippen LogP contribution < -0.4 is 5.73 Å². The number of nitrogens with zero attached hydrogens (tertiary/aromatic N) is 2. The fourth-order valence-corrected chi connectivity index (χ4v) is 2.58. The Morgan fingerprint density at radius 1 is 1.05 bits per heavy atom. The molecule has 106 valence electrons. The van der Waals surface area contributed by atoms with Gasteiger partial charge in [0.1, 0.15) is 0 Å². The van der Waals surface area contributed by atoms with Crippen molar-refractivity contribution >= 4 is 21.6 Å². The highest BCUT2D eigenvalue weighted by atomic mass is 79.9. The van der Waals surface area contributed by atoms with Crippen LogP contribution >= 0.6 is 15.9 Å². The quantitative estimate of drug-likeness (QED) is 0.702. The largest absolute Gasteiger partial charge is 0.398 e. The zero-order valence-corrected chi connectivity index (χ0v) is 13.3. The molecule has 4 nitrogen and oxygen atoms in total. The number of nitrogens with two attached hydrogens (primary N) is 1.